The van der Waals surface area contributed by atoms with E-state index in [4.69, 9.17) is 4.74 Å². The summed E-state index contributed by atoms with van der Waals surface area (Å²) in [6, 6.07) is 10.0. The van der Waals surface area contributed by atoms with E-state index in [1.807, 2.05) is 62.4 Å². The summed E-state index contributed by atoms with van der Waals surface area (Å²) >= 11 is 0. The Labute approximate surface area is 158 Å². The lowest BCUT2D eigenvalue weighted by atomic mass is 9.74. The molecule has 0 saturated carbocycles. The summed E-state index contributed by atoms with van der Waals surface area (Å²) in [5.41, 5.74) is 0.560. The molecule has 0 aliphatic heterocycles. The minimum Gasteiger partial charge on any atom is -0.459 e. The predicted octanol–water partition coefficient (Wildman–Crippen LogP) is 4.93. The molecule has 0 spiro atoms. The Hall–Kier alpha value is -2.31. The maximum Gasteiger partial charge on any atom is 0.384 e. The van der Waals surface area contributed by atoms with Crippen LogP contribution in [0.1, 0.15) is 39.7 Å². The Kier molecular flexibility index (Phi) is 8.88. The second-order valence-electron chi connectivity index (χ2n) is 7.33. The van der Waals surface area contributed by atoms with Crippen LogP contribution < -0.4 is 0 Å². The van der Waals surface area contributed by atoms with E-state index in [1.54, 1.807) is 0 Å². The first kappa shape index (κ1) is 21.7. The van der Waals surface area contributed by atoms with Crippen LogP contribution in [0.4, 0.5) is 0 Å². The summed E-state index contributed by atoms with van der Waals surface area (Å²) in [7, 11) is 1.34. The second-order valence-corrected chi connectivity index (χ2v) is 7.33. The van der Waals surface area contributed by atoms with Crippen LogP contribution in [0.25, 0.3) is 0 Å². The first-order valence-electron chi connectivity index (χ1n) is 8.83. The van der Waals surface area contributed by atoms with E-state index >= 15 is 0 Å². The fourth-order valence-corrected chi connectivity index (χ4v) is 2.84. The monoisotopic (exact) mass is 354 g/mol. The van der Waals surface area contributed by atoms with Crippen molar-refractivity contribution in [2.75, 3.05) is 13.7 Å². The highest BCUT2D eigenvalue weighted by atomic mass is 16.5. The van der Waals surface area contributed by atoms with E-state index in [0.717, 1.165) is 12.0 Å². The molecule has 0 aromatic heterocycles. The molecule has 0 saturated heterocycles. The Morgan fingerprint density at radius 3 is 2.46 bits per heavy atom. The van der Waals surface area contributed by atoms with Crippen molar-refractivity contribution < 1.29 is 14.3 Å². The lowest BCUT2D eigenvalue weighted by molar-refractivity contribution is -0.133. The average molecular weight is 354 g/mol. The van der Waals surface area contributed by atoms with Crippen LogP contribution in [-0.4, -0.2) is 19.7 Å². The predicted molar refractivity (Wildman–Crippen MR) is 106 cm³/mol. The second kappa shape index (κ2) is 10.6. The molecule has 1 rings (SSSR count). The molecule has 3 heteroatoms. The molecule has 1 atom stereocenters. The molecule has 0 aliphatic rings. The molecule has 0 N–H and O–H groups in total. The first-order chi connectivity index (χ1) is 12.3. The molecule has 0 heterocycles. The van der Waals surface area contributed by atoms with E-state index in [-0.39, 0.29) is 5.41 Å². The van der Waals surface area contributed by atoms with Gasteiger partial charge in [-0.3, -0.25) is 0 Å². The summed E-state index contributed by atoms with van der Waals surface area (Å²) in [5.74, 6) is 5.13. The average Bonchev–Trinajstić information content (AvgIpc) is 2.60. The molecule has 1 aromatic carbocycles. The van der Waals surface area contributed by atoms with Gasteiger partial charge in [0.25, 0.3) is 0 Å². The van der Waals surface area contributed by atoms with Crippen molar-refractivity contribution in [1.82, 2.24) is 0 Å². The molecule has 0 radical (unpaired) electrons. The van der Waals surface area contributed by atoms with Gasteiger partial charge in [-0.15, -0.1) is 0 Å². The van der Waals surface area contributed by atoms with Crippen molar-refractivity contribution in [2.45, 2.75) is 40.7 Å². The maximum absolute atomic E-state index is 11.5. The van der Waals surface area contributed by atoms with Crippen molar-refractivity contribution >= 4 is 5.97 Å². The Bertz CT molecular complexity index is 674. The van der Waals surface area contributed by atoms with Crippen LogP contribution in [0, 0.1) is 22.7 Å². The van der Waals surface area contributed by atoms with E-state index in [9.17, 15) is 4.79 Å². The third kappa shape index (κ3) is 8.69. The SMILES string of the molecule is C/C=C/C=C\C(C)(C)CC(C)(C#CC(=O)OC)COCc1ccccc1. The van der Waals surface area contributed by atoms with Gasteiger partial charge in [-0.25, -0.2) is 4.79 Å². The Morgan fingerprint density at radius 1 is 1.15 bits per heavy atom. The van der Waals surface area contributed by atoms with Crippen LogP contribution in [0.3, 0.4) is 0 Å². The van der Waals surface area contributed by atoms with Gasteiger partial charge in [-0.1, -0.05) is 74.4 Å². The lowest BCUT2D eigenvalue weighted by Crippen LogP contribution is -2.28. The molecule has 0 bridgehead atoms. The highest BCUT2D eigenvalue weighted by Gasteiger charge is 2.30. The van der Waals surface area contributed by atoms with Crippen molar-refractivity contribution in [3.63, 3.8) is 0 Å². The first-order valence-corrected chi connectivity index (χ1v) is 8.83. The number of hydrogen-bond donors (Lipinski definition) is 0. The standard InChI is InChI=1S/C23H30O3/c1-6-7-11-15-22(2,3)18-23(4,16-14-21(24)25-5)19-26-17-20-12-9-8-10-13-20/h6-13,15H,17-19H2,1-5H3/b7-6+,15-11-. The third-order valence-electron chi connectivity index (χ3n) is 3.88. The lowest BCUT2D eigenvalue weighted by Gasteiger charge is -2.32. The van der Waals surface area contributed by atoms with Crippen molar-refractivity contribution in [1.29, 1.82) is 0 Å². The van der Waals surface area contributed by atoms with Gasteiger partial charge in [-0.2, -0.15) is 0 Å². The largest absolute Gasteiger partial charge is 0.459 e. The van der Waals surface area contributed by atoms with E-state index in [0.29, 0.717) is 13.2 Å². The maximum atomic E-state index is 11.5. The molecular formula is C23H30O3. The molecule has 3 nitrogen and oxygen atoms in total. The Morgan fingerprint density at radius 2 is 1.85 bits per heavy atom. The number of ether oxygens (including phenoxy) is 2. The summed E-state index contributed by atoms with van der Waals surface area (Å²) in [5, 5.41) is 0. The van der Waals surface area contributed by atoms with Gasteiger partial charge in [0.05, 0.1) is 25.7 Å². The van der Waals surface area contributed by atoms with Crippen molar-refractivity contribution in [2.24, 2.45) is 10.8 Å². The van der Waals surface area contributed by atoms with E-state index < -0.39 is 11.4 Å². The highest BCUT2D eigenvalue weighted by Crippen LogP contribution is 2.35. The molecule has 1 aromatic rings. The number of hydrogen-bond acceptors (Lipinski definition) is 3. The zero-order valence-corrected chi connectivity index (χ0v) is 16.5. The summed E-state index contributed by atoms with van der Waals surface area (Å²) in [6.45, 7) is 9.28. The number of benzene rings is 1. The number of allylic oxidation sites excluding steroid dienone is 4. The highest BCUT2D eigenvalue weighted by molar-refractivity contribution is 5.88. The van der Waals surface area contributed by atoms with Crippen LogP contribution in [-0.2, 0) is 20.9 Å². The van der Waals surface area contributed by atoms with Gasteiger partial charge in [-0.05, 0) is 31.2 Å². The molecule has 0 fully saturated rings. The fraction of sp³-hybridized carbons (Fsp3) is 0.435. The van der Waals surface area contributed by atoms with Crippen molar-refractivity contribution in [3.05, 3.63) is 60.2 Å². The number of methoxy groups -OCH3 is 1. The number of carbonyl (C=O) groups excluding carboxylic acids is 1. The van der Waals surface area contributed by atoms with E-state index in [1.165, 1.54) is 7.11 Å². The summed E-state index contributed by atoms with van der Waals surface area (Å²) in [4.78, 5) is 11.5. The molecule has 1 unspecified atom stereocenters. The van der Waals surface area contributed by atoms with Crippen LogP contribution in [0.15, 0.2) is 54.6 Å². The minimum atomic E-state index is -0.526. The number of carbonyl (C=O) groups is 1. The normalized spacial score (nSPS) is 14.0. The van der Waals surface area contributed by atoms with Gasteiger partial charge in [0.2, 0.25) is 0 Å². The van der Waals surface area contributed by atoms with Gasteiger partial charge < -0.3 is 9.47 Å². The molecule has 0 aliphatic carbocycles. The minimum absolute atomic E-state index is 0.0881. The molecule has 26 heavy (non-hydrogen) atoms. The number of esters is 1. The van der Waals surface area contributed by atoms with Gasteiger partial charge in [0.1, 0.15) is 0 Å². The molecular weight excluding hydrogens is 324 g/mol. The van der Waals surface area contributed by atoms with Gasteiger partial charge >= 0.3 is 5.97 Å². The van der Waals surface area contributed by atoms with Crippen LogP contribution >= 0.6 is 0 Å². The zero-order valence-electron chi connectivity index (χ0n) is 16.5. The fourth-order valence-electron chi connectivity index (χ4n) is 2.84. The zero-order chi connectivity index (χ0) is 19.5. The van der Waals surface area contributed by atoms with Gasteiger partial charge in [0.15, 0.2) is 0 Å². The molecule has 0 amide bonds. The summed E-state index contributed by atoms with van der Waals surface area (Å²) < 4.78 is 10.6. The van der Waals surface area contributed by atoms with Crippen LogP contribution in [0.5, 0.6) is 0 Å². The smallest absolute Gasteiger partial charge is 0.384 e. The van der Waals surface area contributed by atoms with Crippen molar-refractivity contribution in [3.8, 4) is 11.8 Å². The van der Waals surface area contributed by atoms with Crippen LogP contribution in [0.2, 0.25) is 0 Å². The third-order valence-corrected chi connectivity index (χ3v) is 3.88. The topological polar surface area (TPSA) is 35.5 Å². The van der Waals surface area contributed by atoms with Gasteiger partial charge in [0, 0.05) is 5.92 Å². The van der Waals surface area contributed by atoms with E-state index in [2.05, 4.69) is 36.5 Å². The summed E-state index contributed by atoms with van der Waals surface area (Å²) in [6.07, 6.45) is 8.95. The molecule has 140 valence electrons. The Balaban J connectivity index is 2.86. The quantitative estimate of drug-likeness (QED) is 0.287. The number of rotatable bonds is 8.